The summed E-state index contributed by atoms with van der Waals surface area (Å²) in [6.45, 7) is 1.88. The molecule has 1 aliphatic heterocycles. The van der Waals surface area contributed by atoms with E-state index >= 15 is 0 Å². The second kappa shape index (κ2) is 12.3. The minimum atomic E-state index is -1.04. The topological polar surface area (TPSA) is 97.0 Å². The van der Waals surface area contributed by atoms with Crippen molar-refractivity contribution in [3.05, 3.63) is 112 Å². The molecule has 4 rings (SSSR count). The van der Waals surface area contributed by atoms with Crippen LogP contribution in [0.25, 0.3) is 0 Å². The van der Waals surface area contributed by atoms with Crippen LogP contribution >= 0.6 is 11.6 Å². The molecule has 1 heterocycles. The highest BCUT2D eigenvalue weighted by Crippen LogP contribution is 2.35. The van der Waals surface area contributed by atoms with Crippen molar-refractivity contribution in [3.63, 3.8) is 0 Å². The predicted molar refractivity (Wildman–Crippen MR) is 144 cm³/mol. The lowest BCUT2D eigenvalue weighted by atomic mass is 9.94. The average molecular weight is 534 g/mol. The van der Waals surface area contributed by atoms with E-state index < -0.39 is 24.1 Å². The van der Waals surface area contributed by atoms with Crippen LogP contribution in [-0.4, -0.2) is 36.6 Å². The molecule has 8 nitrogen and oxygen atoms in total. The van der Waals surface area contributed by atoms with Gasteiger partial charge in [0.1, 0.15) is 18.4 Å². The Morgan fingerprint density at radius 2 is 1.76 bits per heavy atom. The minimum absolute atomic E-state index is 0.0395. The largest absolute Gasteiger partial charge is 0.496 e. The van der Waals surface area contributed by atoms with E-state index in [2.05, 4.69) is 10.6 Å². The smallest absolute Gasteiger partial charge is 0.338 e. The molecule has 0 bridgehead atoms. The minimum Gasteiger partial charge on any atom is -0.496 e. The fraction of sp³-hybridized carbons (Fsp3) is 0.207. The number of para-hydroxylation sites is 1. The number of carbonyl (C=O) groups is 3. The van der Waals surface area contributed by atoms with Gasteiger partial charge in [-0.25, -0.2) is 19.3 Å². The van der Waals surface area contributed by atoms with E-state index in [4.69, 9.17) is 21.1 Å². The van der Waals surface area contributed by atoms with Gasteiger partial charge in [-0.05, 0) is 48.2 Å². The van der Waals surface area contributed by atoms with E-state index in [-0.39, 0.29) is 18.7 Å². The fourth-order valence-corrected chi connectivity index (χ4v) is 4.50. The van der Waals surface area contributed by atoms with Crippen molar-refractivity contribution in [3.8, 4) is 5.75 Å². The number of hydrogen-bond donors (Lipinski definition) is 2. The van der Waals surface area contributed by atoms with E-state index in [1.54, 1.807) is 38.3 Å². The lowest BCUT2D eigenvalue weighted by Crippen LogP contribution is -2.54. The number of imide groups is 1. The summed E-state index contributed by atoms with van der Waals surface area (Å²) in [5, 5.41) is 5.83. The van der Waals surface area contributed by atoms with E-state index in [9.17, 15) is 14.4 Å². The summed E-state index contributed by atoms with van der Waals surface area (Å²) in [4.78, 5) is 40.8. The molecule has 0 aromatic heterocycles. The fourth-order valence-electron chi connectivity index (χ4n) is 4.31. The Bertz CT molecular complexity index is 1360. The molecule has 3 aromatic rings. The summed E-state index contributed by atoms with van der Waals surface area (Å²) < 4.78 is 11.0. The van der Waals surface area contributed by atoms with E-state index in [0.29, 0.717) is 28.5 Å². The highest BCUT2D eigenvalue weighted by Gasteiger charge is 2.42. The first kappa shape index (κ1) is 26.8. The average Bonchev–Trinajstić information content (AvgIpc) is 2.92. The zero-order valence-electron chi connectivity index (χ0n) is 21.1. The molecular formula is C29H28ClN3O5. The maximum Gasteiger partial charge on any atom is 0.338 e. The Morgan fingerprint density at radius 3 is 2.50 bits per heavy atom. The van der Waals surface area contributed by atoms with Crippen LogP contribution in [0.3, 0.4) is 0 Å². The van der Waals surface area contributed by atoms with Crippen LogP contribution in [0, 0.1) is 0 Å². The molecule has 3 aromatic carbocycles. The number of urea groups is 2. The third kappa shape index (κ3) is 6.15. The number of rotatable bonds is 8. The van der Waals surface area contributed by atoms with E-state index in [1.165, 1.54) is 0 Å². The Labute approximate surface area is 226 Å². The third-order valence-electron chi connectivity index (χ3n) is 6.13. The van der Waals surface area contributed by atoms with Crippen molar-refractivity contribution in [1.82, 2.24) is 15.5 Å². The molecule has 38 heavy (non-hydrogen) atoms. The van der Waals surface area contributed by atoms with Crippen LogP contribution in [0.15, 0.2) is 90.1 Å². The van der Waals surface area contributed by atoms with Crippen molar-refractivity contribution >= 4 is 29.6 Å². The Balaban J connectivity index is 1.59. The van der Waals surface area contributed by atoms with Gasteiger partial charge >= 0.3 is 18.0 Å². The van der Waals surface area contributed by atoms with Gasteiger partial charge in [0.05, 0.1) is 12.7 Å². The van der Waals surface area contributed by atoms with Gasteiger partial charge in [-0.1, -0.05) is 72.3 Å². The summed E-state index contributed by atoms with van der Waals surface area (Å²) in [6.07, 6.45) is 0.480. The highest BCUT2D eigenvalue weighted by molar-refractivity contribution is 6.30. The van der Waals surface area contributed by atoms with Crippen molar-refractivity contribution in [2.75, 3.05) is 13.7 Å². The Kier molecular flexibility index (Phi) is 8.66. The lowest BCUT2D eigenvalue weighted by molar-refractivity contribution is -0.141. The molecule has 1 atom stereocenters. The quantitative estimate of drug-likeness (QED) is 0.379. The normalized spacial score (nSPS) is 15.1. The summed E-state index contributed by atoms with van der Waals surface area (Å²) in [5.74, 6) is 0.0550. The first-order chi connectivity index (χ1) is 18.4. The standard InChI is InChI=1S/C29H28ClN3O5/c1-19-25(27(34)38-18-20-9-4-3-5-10-20)26(22-12-8-13-23(30)17-22)33(29(36)32-19)28(35)31-16-15-21-11-6-7-14-24(21)37-2/h3-14,17,26H,15-16,18H2,1-2H3,(H,31,35)(H,32,36). The molecule has 0 aliphatic carbocycles. The maximum absolute atomic E-state index is 13.4. The van der Waals surface area contributed by atoms with Crippen molar-refractivity contribution in [1.29, 1.82) is 0 Å². The highest BCUT2D eigenvalue weighted by atomic mass is 35.5. The van der Waals surface area contributed by atoms with Crippen molar-refractivity contribution in [2.24, 2.45) is 0 Å². The Morgan fingerprint density at radius 1 is 1.03 bits per heavy atom. The summed E-state index contributed by atoms with van der Waals surface area (Å²) in [6, 6.07) is 21.1. The molecule has 1 unspecified atom stereocenters. The van der Waals surface area contributed by atoms with Crippen LogP contribution in [-0.2, 0) is 22.6 Å². The molecular weight excluding hydrogens is 506 g/mol. The first-order valence-corrected chi connectivity index (χ1v) is 12.4. The maximum atomic E-state index is 13.4. The van der Waals surface area contributed by atoms with Gasteiger partial charge in [0.2, 0.25) is 0 Å². The van der Waals surface area contributed by atoms with Crippen LogP contribution < -0.4 is 15.4 Å². The second-order valence-corrected chi connectivity index (χ2v) is 9.09. The summed E-state index contributed by atoms with van der Waals surface area (Å²) in [5.41, 5.74) is 2.66. The van der Waals surface area contributed by atoms with Gasteiger partial charge < -0.3 is 20.1 Å². The molecule has 2 N–H and O–H groups in total. The molecule has 9 heteroatoms. The van der Waals surface area contributed by atoms with Gasteiger partial charge in [-0.3, -0.25) is 0 Å². The zero-order chi connectivity index (χ0) is 27.1. The molecule has 0 saturated heterocycles. The number of allylic oxidation sites excluding steroid dienone is 1. The Hall–Kier alpha value is -4.30. The number of nitrogens with zero attached hydrogens (tertiary/aromatic N) is 1. The molecule has 196 valence electrons. The zero-order valence-corrected chi connectivity index (χ0v) is 21.8. The summed E-state index contributed by atoms with van der Waals surface area (Å²) >= 11 is 6.25. The lowest BCUT2D eigenvalue weighted by Gasteiger charge is -2.36. The van der Waals surface area contributed by atoms with Gasteiger partial charge in [-0.2, -0.15) is 0 Å². The molecule has 4 amide bonds. The SMILES string of the molecule is COc1ccccc1CCNC(=O)N1C(=O)NC(C)=C(C(=O)OCc2ccccc2)C1c1cccc(Cl)c1. The number of amides is 4. The van der Waals surface area contributed by atoms with Crippen LogP contribution in [0.4, 0.5) is 9.59 Å². The number of nitrogens with one attached hydrogen (secondary N) is 2. The number of methoxy groups -OCH3 is 1. The molecule has 0 spiro atoms. The molecule has 0 saturated carbocycles. The van der Waals surface area contributed by atoms with Crippen molar-refractivity contribution in [2.45, 2.75) is 26.0 Å². The number of esters is 1. The van der Waals surface area contributed by atoms with Crippen LogP contribution in [0.1, 0.15) is 29.7 Å². The van der Waals surface area contributed by atoms with Gasteiger partial charge in [0, 0.05) is 17.3 Å². The predicted octanol–water partition coefficient (Wildman–Crippen LogP) is 5.38. The monoisotopic (exact) mass is 533 g/mol. The van der Waals surface area contributed by atoms with Gasteiger partial charge in [-0.15, -0.1) is 0 Å². The number of benzene rings is 3. The van der Waals surface area contributed by atoms with Crippen LogP contribution in [0.2, 0.25) is 5.02 Å². The van der Waals surface area contributed by atoms with Crippen molar-refractivity contribution < 1.29 is 23.9 Å². The molecule has 0 radical (unpaired) electrons. The number of halogens is 1. The second-order valence-electron chi connectivity index (χ2n) is 8.65. The van der Waals surface area contributed by atoms with E-state index in [0.717, 1.165) is 16.0 Å². The number of carbonyl (C=O) groups excluding carboxylic acids is 3. The summed E-state index contributed by atoms with van der Waals surface area (Å²) in [7, 11) is 1.58. The van der Waals surface area contributed by atoms with Gasteiger partial charge in [0.15, 0.2) is 0 Å². The number of ether oxygens (including phenoxy) is 2. The van der Waals surface area contributed by atoms with E-state index in [1.807, 2.05) is 54.6 Å². The first-order valence-electron chi connectivity index (χ1n) is 12.1. The number of hydrogen-bond acceptors (Lipinski definition) is 5. The molecule has 0 fully saturated rings. The van der Waals surface area contributed by atoms with Crippen LogP contribution in [0.5, 0.6) is 5.75 Å². The third-order valence-corrected chi connectivity index (χ3v) is 6.36. The van der Waals surface area contributed by atoms with Gasteiger partial charge in [0.25, 0.3) is 0 Å². The molecule has 1 aliphatic rings.